The molecule has 1 atom stereocenters. The molecule has 124 valence electrons. The Morgan fingerprint density at radius 2 is 1.50 bits per heavy atom. The lowest BCUT2D eigenvalue weighted by Gasteiger charge is -2.21. The minimum Gasteiger partial charge on any atom is -0.229 e. The molecule has 0 aromatic heterocycles. The Kier molecular flexibility index (Phi) is 4.45. The van der Waals surface area contributed by atoms with Gasteiger partial charge in [-0.05, 0) is 56.4 Å². The van der Waals surface area contributed by atoms with Gasteiger partial charge >= 0.3 is 0 Å². The molecule has 0 spiro atoms. The predicted octanol–water partition coefficient (Wildman–Crippen LogP) is 1.73. The summed E-state index contributed by atoms with van der Waals surface area (Å²) >= 11 is 0. The summed E-state index contributed by atoms with van der Waals surface area (Å²) in [5.41, 5.74) is 3.35. The van der Waals surface area contributed by atoms with Crippen molar-refractivity contribution in [3.8, 4) is 0 Å². The van der Waals surface area contributed by atoms with Gasteiger partial charge in [0, 0.05) is 19.3 Å². The average molecular weight is 345 g/mol. The quantitative estimate of drug-likeness (QED) is 0.836. The van der Waals surface area contributed by atoms with Crippen molar-refractivity contribution in [2.45, 2.75) is 44.3 Å². The molecule has 22 heavy (non-hydrogen) atoms. The van der Waals surface area contributed by atoms with Crippen molar-refractivity contribution in [1.82, 2.24) is 4.31 Å². The second kappa shape index (κ2) is 5.62. The van der Waals surface area contributed by atoms with Crippen LogP contribution in [0.25, 0.3) is 0 Å². The number of hydrogen-bond donors (Lipinski definition) is 0. The van der Waals surface area contributed by atoms with E-state index in [1.54, 1.807) is 13.8 Å². The van der Waals surface area contributed by atoms with Crippen LogP contribution in [0.3, 0.4) is 0 Å². The Balaban J connectivity index is 2.50. The van der Waals surface area contributed by atoms with Crippen molar-refractivity contribution < 1.29 is 16.8 Å². The van der Waals surface area contributed by atoms with Gasteiger partial charge in [0.25, 0.3) is 0 Å². The van der Waals surface area contributed by atoms with Gasteiger partial charge in [0.2, 0.25) is 10.0 Å². The minimum absolute atomic E-state index is 0.0486. The van der Waals surface area contributed by atoms with Gasteiger partial charge in [0.05, 0.1) is 10.1 Å². The molecular formula is C15H23NO4S2. The standard InChI is InChI=1S/C15H23NO4S2/c1-10-8-11(2)13(4)15(12(10)3)22(19,20)16-7-6-14(9-16)21(5,17)18/h8,14H,6-7,9H2,1-5H3. The summed E-state index contributed by atoms with van der Waals surface area (Å²) in [5.74, 6) is 0. The third kappa shape index (κ3) is 2.94. The van der Waals surface area contributed by atoms with E-state index in [2.05, 4.69) is 0 Å². The van der Waals surface area contributed by atoms with Crippen LogP contribution in [0.1, 0.15) is 28.7 Å². The molecule has 1 aromatic carbocycles. The van der Waals surface area contributed by atoms with Crippen molar-refractivity contribution in [3.63, 3.8) is 0 Å². The summed E-state index contributed by atoms with van der Waals surface area (Å²) in [7, 11) is -6.89. The maximum Gasteiger partial charge on any atom is 0.243 e. The van der Waals surface area contributed by atoms with Gasteiger partial charge in [-0.15, -0.1) is 0 Å². The molecule has 1 saturated heterocycles. The highest BCUT2D eigenvalue weighted by Crippen LogP contribution is 2.31. The number of nitrogens with zero attached hydrogens (tertiary/aromatic N) is 1. The summed E-state index contributed by atoms with van der Waals surface area (Å²) in [6.07, 6.45) is 1.53. The molecule has 0 saturated carbocycles. The number of sulfone groups is 1. The van der Waals surface area contributed by atoms with Crippen LogP contribution in [0.2, 0.25) is 0 Å². The summed E-state index contributed by atoms with van der Waals surface area (Å²) in [6.45, 7) is 7.70. The first-order valence-electron chi connectivity index (χ1n) is 7.22. The summed E-state index contributed by atoms with van der Waals surface area (Å²) in [6, 6.07) is 1.98. The molecule has 1 aliphatic rings. The van der Waals surface area contributed by atoms with Crippen LogP contribution in [0.15, 0.2) is 11.0 Å². The van der Waals surface area contributed by atoms with Crippen LogP contribution >= 0.6 is 0 Å². The lowest BCUT2D eigenvalue weighted by molar-refractivity contribution is 0.475. The molecule has 0 amide bonds. The van der Waals surface area contributed by atoms with E-state index < -0.39 is 25.1 Å². The first-order valence-corrected chi connectivity index (χ1v) is 10.6. The Morgan fingerprint density at radius 3 is 1.91 bits per heavy atom. The predicted molar refractivity (Wildman–Crippen MR) is 87.4 cm³/mol. The zero-order valence-corrected chi connectivity index (χ0v) is 15.3. The molecule has 0 bridgehead atoms. The summed E-state index contributed by atoms with van der Waals surface area (Å²) in [5, 5.41) is -0.603. The third-order valence-electron chi connectivity index (χ3n) is 4.61. The Labute approximate surface area is 133 Å². The molecule has 1 unspecified atom stereocenters. The molecule has 0 radical (unpaired) electrons. The van der Waals surface area contributed by atoms with Gasteiger partial charge in [0.1, 0.15) is 0 Å². The van der Waals surface area contributed by atoms with Crippen LogP contribution in [-0.2, 0) is 19.9 Å². The fourth-order valence-corrected chi connectivity index (χ4v) is 6.12. The molecule has 1 fully saturated rings. The van der Waals surface area contributed by atoms with Crippen molar-refractivity contribution >= 4 is 19.9 Å². The van der Waals surface area contributed by atoms with Gasteiger partial charge in [-0.1, -0.05) is 6.07 Å². The summed E-state index contributed by atoms with van der Waals surface area (Å²) < 4.78 is 50.6. The molecule has 2 rings (SSSR count). The molecule has 0 aliphatic carbocycles. The fourth-order valence-electron chi connectivity index (χ4n) is 2.96. The average Bonchev–Trinajstić information content (AvgIpc) is 2.86. The van der Waals surface area contributed by atoms with Gasteiger partial charge < -0.3 is 0 Å². The Hall–Kier alpha value is -0.920. The SMILES string of the molecule is Cc1cc(C)c(C)c(S(=O)(=O)N2CCC(S(C)(=O)=O)C2)c1C. The summed E-state index contributed by atoms with van der Waals surface area (Å²) in [4.78, 5) is 0.333. The molecule has 1 aliphatic heterocycles. The number of hydrogen-bond acceptors (Lipinski definition) is 4. The van der Waals surface area contributed by atoms with E-state index in [4.69, 9.17) is 0 Å². The van der Waals surface area contributed by atoms with Crippen molar-refractivity contribution in [2.75, 3.05) is 19.3 Å². The second-order valence-corrected chi connectivity index (χ2v) is 10.4. The zero-order chi connectivity index (χ0) is 16.9. The first-order chi connectivity index (χ1) is 9.96. The van der Waals surface area contributed by atoms with Gasteiger partial charge in [-0.25, -0.2) is 16.8 Å². The van der Waals surface area contributed by atoms with E-state index in [1.165, 1.54) is 10.6 Å². The van der Waals surface area contributed by atoms with E-state index in [9.17, 15) is 16.8 Å². The highest BCUT2D eigenvalue weighted by Gasteiger charge is 2.38. The van der Waals surface area contributed by atoms with Crippen LogP contribution in [0.5, 0.6) is 0 Å². The number of sulfonamides is 1. The van der Waals surface area contributed by atoms with E-state index in [1.807, 2.05) is 19.9 Å². The number of benzene rings is 1. The van der Waals surface area contributed by atoms with Gasteiger partial charge in [-0.3, -0.25) is 0 Å². The molecule has 0 N–H and O–H groups in total. The van der Waals surface area contributed by atoms with E-state index >= 15 is 0 Å². The van der Waals surface area contributed by atoms with Crippen LogP contribution in [-0.4, -0.2) is 45.7 Å². The van der Waals surface area contributed by atoms with E-state index in [0.29, 0.717) is 11.3 Å². The fraction of sp³-hybridized carbons (Fsp3) is 0.600. The molecule has 5 nitrogen and oxygen atoms in total. The highest BCUT2D eigenvalue weighted by atomic mass is 32.2. The molecule has 1 aromatic rings. The molecule has 7 heteroatoms. The minimum atomic E-state index is -3.67. The normalized spacial score (nSPS) is 20.5. The molecular weight excluding hydrogens is 322 g/mol. The largest absolute Gasteiger partial charge is 0.243 e. The second-order valence-electron chi connectivity index (χ2n) is 6.19. The van der Waals surface area contributed by atoms with Crippen molar-refractivity contribution in [1.29, 1.82) is 0 Å². The maximum atomic E-state index is 13.0. The van der Waals surface area contributed by atoms with Crippen LogP contribution in [0.4, 0.5) is 0 Å². The first kappa shape index (κ1) is 17.4. The van der Waals surface area contributed by atoms with Gasteiger partial charge in [0.15, 0.2) is 9.84 Å². The monoisotopic (exact) mass is 345 g/mol. The number of rotatable bonds is 3. The highest BCUT2D eigenvalue weighted by molar-refractivity contribution is 7.91. The van der Waals surface area contributed by atoms with E-state index in [0.717, 1.165) is 22.3 Å². The number of aryl methyl sites for hydroxylation is 2. The Morgan fingerprint density at radius 1 is 1.00 bits per heavy atom. The lowest BCUT2D eigenvalue weighted by Crippen LogP contribution is -2.32. The van der Waals surface area contributed by atoms with Crippen molar-refractivity contribution in [3.05, 3.63) is 28.3 Å². The molecule has 1 heterocycles. The lowest BCUT2D eigenvalue weighted by atomic mass is 10.0. The third-order valence-corrected chi connectivity index (χ3v) is 8.34. The maximum absolute atomic E-state index is 13.0. The van der Waals surface area contributed by atoms with E-state index in [-0.39, 0.29) is 13.1 Å². The Bertz CT molecular complexity index is 784. The topological polar surface area (TPSA) is 71.5 Å². The zero-order valence-electron chi connectivity index (χ0n) is 13.7. The van der Waals surface area contributed by atoms with Crippen LogP contribution in [0, 0.1) is 27.7 Å². The van der Waals surface area contributed by atoms with Crippen LogP contribution < -0.4 is 0 Å². The smallest absolute Gasteiger partial charge is 0.229 e. The van der Waals surface area contributed by atoms with Crippen molar-refractivity contribution in [2.24, 2.45) is 0 Å². The van der Waals surface area contributed by atoms with Gasteiger partial charge in [-0.2, -0.15) is 4.31 Å².